The molecule has 0 heterocycles. The minimum absolute atomic E-state index is 0.153. The highest BCUT2D eigenvalue weighted by Gasteiger charge is 2.36. The second kappa shape index (κ2) is 6.01. The molecule has 0 aliphatic carbocycles. The normalized spacial score (nSPS) is 18.4. The SMILES string of the molecule is C=C(C)C(=O)OC(C)C(O)C(C)(CC)CO. The zero-order valence-corrected chi connectivity index (χ0v) is 10.5. The largest absolute Gasteiger partial charge is 0.457 e. The van der Waals surface area contributed by atoms with Gasteiger partial charge in [-0.25, -0.2) is 4.79 Å². The van der Waals surface area contributed by atoms with Gasteiger partial charge >= 0.3 is 5.97 Å². The van der Waals surface area contributed by atoms with Crippen LogP contribution in [-0.2, 0) is 9.53 Å². The van der Waals surface area contributed by atoms with Crippen molar-refractivity contribution in [2.45, 2.75) is 46.3 Å². The molecule has 0 bridgehead atoms. The van der Waals surface area contributed by atoms with Gasteiger partial charge in [-0.3, -0.25) is 0 Å². The van der Waals surface area contributed by atoms with Crippen LogP contribution in [0.5, 0.6) is 0 Å². The topological polar surface area (TPSA) is 66.8 Å². The van der Waals surface area contributed by atoms with E-state index in [2.05, 4.69) is 6.58 Å². The van der Waals surface area contributed by atoms with Crippen molar-refractivity contribution in [2.75, 3.05) is 6.61 Å². The van der Waals surface area contributed by atoms with E-state index in [1.807, 2.05) is 6.92 Å². The number of aliphatic hydroxyl groups is 2. The average molecular weight is 230 g/mol. The number of carbonyl (C=O) groups is 1. The molecule has 3 atom stereocenters. The molecule has 0 spiro atoms. The molecule has 94 valence electrons. The molecule has 0 amide bonds. The van der Waals surface area contributed by atoms with Gasteiger partial charge in [-0.05, 0) is 20.3 Å². The molecule has 16 heavy (non-hydrogen) atoms. The summed E-state index contributed by atoms with van der Waals surface area (Å²) in [5, 5.41) is 19.2. The first kappa shape index (κ1) is 15.1. The highest BCUT2D eigenvalue weighted by Crippen LogP contribution is 2.28. The molecule has 0 aliphatic heterocycles. The lowest BCUT2D eigenvalue weighted by atomic mass is 9.80. The summed E-state index contributed by atoms with van der Waals surface area (Å²) in [6, 6.07) is 0. The van der Waals surface area contributed by atoms with Gasteiger partial charge in [0.05, 0.1) is 12.7 Å². The van der Waals surface area contributed by atoms with E-state index in [0.717, 1.165) is 0 Å². The van der Waals surface area contributed by atoms with Gasteiger partial charge in [0.25, 0.3) is 0 Å². The van der Waals surface area contributed by atoms with Crippen molar-refractivity contribution in [3.05, 3.63) is 12.2 Å². The van der Waals surface area contributed by atoms with Crippen molar-refractivity contribution in [1.82, 2.24) is 0 Å². The molecule has 4 nitrogen and oxygen atoms in total. The third-order valence-electron chi connectivity index (χ3n) is 2.97. The van der Waals surface area contributed by atoms with Crippen molar-refractivity contribution < 1.29 is 19.7 Å². The Hall–Kier alpha value is -0.870. The van der Waals surface area contributed by atoms with Gasteiger partial charge < -0.3 is 14.9 Å². The van der Waals surface area contributed by atoms with Gasteiger partial charge in [0.1, 0.15) is 6.10 Å². The Labute approximate surface area is 96.9 Å². The summed E-state index contributed by atoms with van der Waals surface area (Å²) in [4.78, 5) is 11.3. The highest BCUT2D eigenvalue weighted by molar-refractivity contribution is 5.87. The number of esters is 1. The van der Waals surface area contributed by atoms with E-state index in [4.69, 9.17) is 4.74 Å². The minimum Gasteiger partial charge on any atom is -0.457 e. The van der Waals surface area contributed by atoms with E-state index in [-0.39, 0.29) is 6.61 Å². The molecule has 0 aliphatic rings. The van der Waals surface area contributed by atoms with Gasteiger partial charge in [0, 0.05) is 11.0 Å². The summed E-state index contributed by atoms with van der Waals surface area (Å²) >= 11 is 0. The maximum absolute atomic E-state index is 11.3. The second-order valence-corrected chi connectivity index (χ2v) is 4.50. The molecule has 4 heteroatoms. The van der Waals surface area contributed by atoms with Gasteiger partial charge in [-0.2, -0.15) is 0 Å². The van der Waals surface area contributed by atoms with E-state index in [1.165, 1.54) is 0 Å². The average Bonchev–Trinajstić information content (AvgIpc) is 2.26. The number of hydrogen-bond donors (Lipinski definition) is 2. The molecule has 0 rings (SSSR count). The maximum Gasteiger partial charge on any atom is 0.333 e. The molecular weight excluding hydrogens is 208 g/mol. The van der Waals surface area contributed by atoms with E-state index < -0.39 is 23.6 Å². The summed E-state index contributed by atoms with van der Waals surface area (Å²) in [5.41, 5.74) is -0.365. The zero-order chi connectivity index (χ0) is 12.9. The van der Waals surface area contributed by atoms with Crippen molar-refractivity contribution >= 4 is 5.97 Å². The zero-order valence-electron chi connectivity index (χ0n) is 10.5. The molecule has 0 radical (unpaired) electrons. The highest BCUT2D eigenvalue weighted by atomic mass is 16.6. The van der Waals surface area contributed by atoms with Crippen LogP contribution in [0.4, 0.5) is 0 Å². The summed E-state index contributed by atoms with van der Waals surface area (Å²) < 4.78 is 5.02. The van der Waals surface area contributed by atoms with Gasteiger partial charge in [0.2, 0.25) is 0 Å². The third-order valence-corrected chi connectivity index (χ3v) is 2.97. The van der Waals surface area contributed by atoms with Crippen molar-refractivity contribution in [3.63, 3.8) is 0 Å². The van der Waals surface area contributed by atoms with Crippen LogP contribution < -0.4 is 0 Å². The maximum atomic E-state index is 11.3. The predicted octanol–water partition coefficient (Wildman–Crippen LogP) is 1.26. The molecular formula is C12H22O4. The first-order valence-electron chi connectivity index (χ1n) is 5.44. The quantitative estimate of drug-likeness (QED) is 0.532. The third kappa shape index (κ3) is 3.61. The van der Waals surface area contributed by atoms with Gasteiger partial charge in [0.15, 0.2) is 0 Å². The lowest BCUT2D eigenvalue weighted by Gasteiger charge is -2.34. The Bertz CT molecular complexity index is 256. The fourth-order valence-corrected chi connectivity index (χ4v) is 1.31. The molecule has 3 unspecified atom stereocenters. The van der Waals surface area contributed by atoms with E-state index in [0.29, 0.717) is 12.0 Å². The van der Waals surface area contributed by atoms with Crippen LogP contribution in [0.15, 0.2) is 12.2 Å². The number of aliphatic hydroxyl groups excluding tert-OH is 2. The van der Waals surface area contributed by atoms with E-state index in [9.17, 15) is 15.0 Å². The van der Waals surface area contributed by atoms with Crippen LogP contribution in [0.3, 0.4) is 0 Å². The Morgan fingerprint density at radius 3 is 2.38 bits per heavy atom. The van der Waals surface area contributed by atoms with Crippen LogP contribution in [0.25, 0.3) is 0 Å². The van der Waals surface area contributed by atoms with Crippen molar-refractivity contribution in [1.29, 1.82) is 0 Å². The molecule has 0 saturated carbocycles. The number of hydrogen-bond acceptors (Lipinski definition) is 4. The molecule has 0 aromatic rings. The lowest BCUT2D eigenvalue weighted by Crippen LogP contribution is -2.44. The summed E-state index contributed by atoms with van der Waals surface area (Å²) in [6.07, 6.45) is -0.966. The second-order valence-electron chi connectivity index (χ2n) is 4.50. The number of ether oxygens (including phenoxy) is 1. The summed E-state index contributed by atoms with van der Waals surface area (Å²) in [7, 11) is 0. The molecule has 2 N–H and O–H groups in total. The Morgan fingerprint density at radius 2 is 2.06 bits per heavy atom. The van der Waals surface area contributed by atoms with Gasteiger partial charge in [-0.15, -0.1) is 0 Å². The van der Waals surface area contributed by atoms with E-state index in [1.54, 1.807) is 20.8 Å². The molecule has 0 saturated heterocycles. The monoisotopic (exact) mass is 230 g/mol. The van der Waals surface area contributed by atoms with Crippen LogP contribution in [0.1, 0.15) is 34.1 Å². The molecule has 0 aromatic carbocycles. The first-order valence-corrected chi connectivity index (χ1v) is 5.44. The van der Waals surface area contributed by atoms with Crippen molar-refractivity contribution in [2.24, 2.45) is 5.41 Å². The standard InChI is InChI=1S/C12H22O4/c1-6-12(5,7-13)10(14)9(4)16-11(15)8(2)3/h9-10,13-14H,2,6-7H2,1,3-5H3. The smallest absolute Gasteiger partial charge is 0.333 e. The van der Waals surface area contributed by atoms with Crippen LogP contribution in [0, 0.1) is 5.41 Å². The Kier molecular flexibility index (Phi) is 5.68. The Balaban J connectivity index is 4.54. The minimum atomic E-state index is -0.897. The van der Waals surface area contributed by atoms with E-state index >= 15 is 0 Å². The van der Waals surface area contributed by atoms with Crippen LogP contribution >= 0.6 is 0 Å². The lowest BCUT2D eigenvalue weighted by molar-refractivity contribution is -0.156. The van der Waals surface area contributed by atoms with Crippen LogP contribution in [-0.4, -0.2) is 35.0 Å². The number of carbonyl (C=O) groups excluding carboxylic acids is 1. The van der Waals surface area contributed by atoms with Gasteiger partial charge in [-0.1, -0.05) is 20.4 Å². The van der Waals surface area contributed by atoms with Crippen molar-refractivity contribution in [3.8, 4) is 0 Å². The fourth-order valence-electron chi connectivity index (χ4n) is 1.31. The molecule has 0 aromatic heterocycles. The Morgan fingerprint density at radius 1 is 1.56 bits per heavy atom. The predicted molar refractivity (Wildman–Crippen MR) is 61.9 cm³/mol. The first-order chi connectivity index (χ1) is 7.28. The van der Waals surface area contributed by atoms with Crippen LogP contribution in [0.2, 0.25) is 0 Å². The fraction of sp³-hybridized carbons (Fsp3) is 0.750. The summed E-state index contributed by atoms with van der Waals surface area (Å²) in [5.74, 6) is -0.525. The number of rotatable bonds is 6. The molecule has 0 fully saturated rings. The summed E-state index contributed by atoms with van der Waals surface area (Å²) in [6.45, 7) is 10.1.